The lowest BCUT2D eigenvalue weighted by Gasteiger charge is -2.34. The van der Waals surface area contributed by atoms with Crippen LogP contribution >= 0.6 is 31.2 Å². The molecule has 0 aromatic carbocycles. The molecule has 2 saturated heterocycles. The van der Waals surface area contributed by atoms with Crippen molar-refractivity contribution in [2.24, 2.45) is 0 Å². The molecule has 2 aromatic rings. The van der Waals surface area contributed by atoms with Gasteiger partial charge in [0.25, 0.3) is 13.4 Å². The van der Waals surface area contributed by atoms with E-state index < -0.39 is 67.9 Å². The first-order valence-electron chi connectivity index (χ1n) is 16.3. The Balaban J connectivity index is 1.46. The number of fused-ring (bicyclic) bond motifs is 2. The predicted molar refractivity (Wildman–Crippen MR) is 180 cm³/mol. The van der Waals surface area contributed by atoms with Crippen LogP contribution in [-0.4, -0.2) is 97.3 Å². The van der Waals surface area contributed by atoms with E-state index in [-0.39, 0.29) is 34.1 Å². The van der Waals surface area contributed by atoms with Crippen molar-refractivity contribution in [3.63, 3.8) is 0 Å². The zero-order valence-electron chi connectivity index (χ0n) is 28.0. The number of hydrogen-bond acceptors (Lipinski definition) is 14. The van der Waals surface area contributed by atoms with Crippen molar-refractivity contribution in [2.75, 3.05) is 30.6 Å². The second-order valence-electron chi connectivity index (χ2n) is 12.7. The molecule has 49 heavy (non-hydrogen) atoms. The van der Waals surface area contributed by atoms with Crippen molar-refractivity contribution < 1.29 is 42.7 Å². The Kier molecular flexibility index (Phi) is 13.9. The topological polar surface area (TPSA) is 245 Å². The molecule has 2 fully saturated rings. The smallest absolute Gasteiger partial charge is 0.280 e. The fraction of sp³-hybridized carbons (Fsp3) is 0.759. The Morgan fingerprint density at radius 1 is 1.31 bits per heavy atom. The third kappa shape index (κ3) is 10.6. The molecule has 4 heterocycles. The summed E-state index contributed by atoms with van der Waals surface area (Å²) in [4.78, 5) is 61.3. The van der Waals surface area contributed by atoms with E-state index in [1.807, 2.05) is 13.8 Å². The van der Waals surface area contributed by atoms with Crippen LogP contribution in [-0.2, 0) is 32.7 Å². The van der Waals surface area contributed by atoms with Crippen molar-refractivity contribution >= 4 is 60.1 Å². The summed E-state index contributed by atoms with van der Waals surface area (Å²) in [6.07, 6.45) is 1.64. The molecule has 2 aliphatic rings. The Hall–Kier alpha value is -2.28. The number of aromatic nitrogens is 4. The van der Waals surface area contributed by atoms with Crippen LogP contribution in [0.5, 0.6) is 0 Å². The average Bonchev–Trinajstić information content (AvgIpc) is 3.53. The summed E-state index contributed by atoms with van der Waals surface area (Å²) in [5.41, 5.74) is 4.26. The maximum absolute atomic E-state index is 13.5. The number of amides is 2. The van der Waals surface area contributed by atoms with Gasteiger partial charge < -0.3 is 44.9 Å². The number of aliphatic hydroxyl groups is 1. The standard InChI is InChI=1S/C29H47ClN7O10PS/c1-5-17(10-8-6-7-9-12-30)44-13-11-29(3,4)36-24(40)18(32-16(2)38)15-49-28-33-20-23(34-27(31)35-25(20)41)37(28)26-21(39)22-19(46-26)14-45-48(42,43)47-22/h17-19,21-22,26,39H,5-15H2,1-4H3,(H,32,38)(H,36,40)(H,42,43)(H3,31,34,35,41)/p-1/t17?,18?,19-,21?,22?,26-/m1/s1. The lowest BCUT2D eigenvalue weighted by molar-refractivity contribution is -0.245. The number of nitrogen functional groups attached to an aromatic ring is 1. The van der Waals surface area contributed by atoms with Gasteiger partial charge >= 0.3 is 0 Å². The Labute approximate surface area is 293 Å². The number of carbonyl (C=O) groups excluding carboxylic acids is 2. The first kappa shape index (κ1) is 39.5. The highest BCUT2D eigenvalue weighted by Gasteiger charge is 2.51. The van der Waals surface area contributed by atoms with Gasteiger partial charge in [-0.05, 0) is 39.5 Å². The SMILES string of the molecule is CCC(CCCCCCCl)OCCC(C)(C)NC(=O)C(CSc1nc2c(=O)[nH]c(N)nc2n1[C@@H]1O[C@@H]2COP(=O)([O-])OC2C1O)NC(C)=O. The van der Waals surface area contributed by atoms with E-state index in [9.17, 15) is 28.9 Å². The van der Waals surface area contributed by atoms with E-state index in [1.54, 1.807) is 0 Å². The molecule has 20 heteroatoms. The predicted octanol–water partition coefficient (Wildman–Crippen LogP) is 1.71. The van der Waals surface area contributed by atoms with E-state index in [2.05, 4.69) is 32.5 Å². The highest BCUT2D eigenvalue weighted by atomic mass is 35.5. The average molecular weight is 751 g/mol. The number of thioether (sulfide) groups is 1. The van der Waals surface area contributed by atoms with Gasteiger partial charge in [-0.15, -0.1) is 11.6 Å². The summed E-state index contributed by atoms with van der Waals surface area (Å²) in [5.74, 6) is -0.522. The van der Waals surface area contributed by atoms with Gasteiger partial charge in [0.2, 0.25) is 17.8 Å². The normalized spacial score (nSPS) is 25.2. The van der Waals surface area contributed by atoms with Gasteiger partial charge in [-0.3, -0.25) is 28.5 Å². The molecule has 0 bridgehead atoms. The number of halogens is 1. The number of phosphoric ester groups is 1. The molecule has 5 unspecified atom stereocenters. The zero-order valence-corrected chi connectivity index (χ0v) is 30.5. The number of unbranched alkanes of at least 4 members (excludes halogenated alkanes) is 3. The molecule has 2 amide bonds. The molecule has 2 aromatic heterocycles. The minimum absolute atomic E-state index is 0.0542. The van der Waals surface area contributed by atoms with Crippen LogP contribution in [0.25, 0.3) is 11.2 Å². The van der Waals surface area contributed by atoms with Crippen LogP contribution < -0.4 is 26.8 Å². The molecule has 276 valence electrons. The third-order valence-corrected chi connectivity index (χ3v) is 10.5. The molecular weight excluding hydrogens is 705 g/mol. The van der Waals surface area contributed by atoms with Crippen LogP contribution in [0.3, 0.4) is 0 Å². The number of carbonyl (C=O) groups is 2. The van der Waals surface area contributed by atoms with Gasteiger partial charge in [0, 0.05) is 30.7 Å². The molecule has 0 aliphatic carbocycles. The van der Waals surface area contributed by atoms with Gasteiger partial charge in [-0.1, -0.05) is 37.9 Å². The first-order chi connectivity index (χ1) is 23.1. The van der Waals surface area contributed by atoms with Crippen LogP contribution in [0.1, 0.15) is 78.9 Å². The number of hydrogen-bond donors (Lipinski definition) is 5. The van der Waals surface area contributed by atoms with Crippen molar-refractivity contribution in [3.8, 4) is 0 Å². The van der Waals surface area contributed by atoms with E-state index in [4.69, 9.17) is 35.9 Å². The Bertz CT molecular complexity index is 1560. The second-order valence-corrected chi connectivity index (χ2v) is 15.5. The van der Waals surface area contributed by atoms with Crippen LogP contribution in [0.15, 0.2) is 9.95 Å². The summed E-state index contributed by atoms with van der Waals surface area (Å²) in [6.45, 7) is 7.14. The Morgan fingerprint density at radius 3 is 2.73 bits per heavy atom. The maximum Gasteiger partial charge on any atom is 0.280 e. The number of nitrogens with one attached hydrogen (secondary N) is 3. The molecule has 7 atom stereocenters. The van der Waals surface area contributed by atoms with Gasteiger partial charge in [-0.25, -0.2) is 4.98 Å². The molecule has 0 radical (unpaired) electrons. The number of aromatic amines is 1. The summed E-state index contributed by atoms with van der Waals surface area (Å²) < 4.78 is 35.0. The summed E-state index contributed by atoms with van der Waals surface area (Å²) >= 11 is 6.74. The molecule has 17 nitrogen and oxygen atoms in total. The van der Waals surface area contributed by atoms with Crippen LogP contribution in [0.2, 0.25) is 0 Å². The number of nitrogens with zero attached hydrogens (tertiary/aromatic N) is 3. The third-order valence-electron chi connectivity index (χ3n) is 8.23. The number of aliphatic hydroxyl groups excluding tert-OH is 1. The van der Waals surface area contributed by atoms with Gasteiger partial charge in [-0.2, -0.15) is 4.98 Å². The molecule has 4 rings (SSSR count). The number of H-pyrrole nitrogens is 1. The van der Waals surface area contributed by atoms with E-state index >= 15 is 0 Å². The molecular formula is C29H46ClN7O10PS-. The van der Waals surface area contributed by atoms with Crippen LogP contribution in [0.4, 0.5) is 5.95 Å². The maximum atomic E-state index is 13.5. The number of imidazole rings is 1. The number of anilines is 1. The number of ether oxygens (including phenoxy) is 2. The van der Waals surface area contributed by atoms with Crippen molar-refractivity contribution in [1.29, 1.82) is 0 Å². The fourth-order valence-electron chi connectivity index (χ4n) is 5.63. The van der Waals surface area contributed by atoms with Crippen molar-refractivity contribution in [3.05, 3.63) is 10.4 Å². The summed E-state index contributed by atoms with van der Waals surface area (Å²) in [5, 5.41) is 16.8. The number of nitrogens with two attached hydrogens (primary N) is 1. The van der Waals surface area contributed by atoms with Crippen molar-refractivity contribution in [2.45, 2.75) is 120 Å². The Morgan fingerprint density at radius 2 is 2.04 bits per heavy atom. The largest absolute Gasteiger partial charge is 0.756 e. The molecule has 0 saturated carbocycles. The summed E-state index contributed by atoms with van der Waals surface area (Å²) in [6, 6.07) is -1.04. The lowest BCUT2D eigenvalue weighted by Crippen LogP contribution is -2.54. The van der Waals surface area contributed by atoms with E-state index in [0.29, 0.717) is 18.9 Å². The van der Waals surface area contributed by atoms with Gasteiger partial charge in [0.05, 0.1) is 12.7 Å². The van der Waals surface area contributed by atoms with Gasteiger partial charge in [0.1, 0.15) is 24.4 Å². The van der Waals surface area contributed by atoms with E-state index in [0.717, 1.165) is 50.3 Å². The van der Waals surface area contributed by atoms with Gasteiger partial charge in [0.15, 0.2) is 22.5 Å². The quantitative estimate of drug-likeness (QED) is 0.0631. The lowest BCUT2D eigenvalue weighted by atomic mass is 10.0. The van der Waals surface area contributed by atoms with Crippen molar-refractivity contribution in [1.82, 2.24) is 30.2 Å². The monoisotopic (exact) mass is 750 g/mol. The minimum Gasteiger partial charge on any atom is -0.756 e. The highest BCUT2D eigenvalue weighted by molar-refractivity contribution is 7.99. The molecule has 0 spiro atoms. The number of rotatable bonds is 18. The van der Waals surface area contributed by atoms with E-state index in [1.165, 1.54) is 11.5 Å². The fourth-order valence-corrected chi connectivity index (χ4v) is 7.80. The number of phosphoric acid groups is 1. The minimum atomic E-state index is -4.67. The number of alkyl halides is 1. The molecule has 2 aliphatic heterocycles. The first-order valence-corrected chi connectivity index (χ1v) is 19.3. The molecule has 6 N–H and O–H groups in total. The summed E-state index contributed by atoms with van der Waals surface area (Å²) in [7, 11) is -4.67. The second kappa shape index (κ2) is 17.3. The highest BCUT2D eigenvalue weighted by Crippen LogP contribution is 2.50. The van der Waals surface area contributed by atoms with Crippen LogP contribution in [0, 0.1) is 0 Å². The zero-order chi connectivity index (χ0) is 35.9.